The minimum Gasteiger partial charge on any atom is -0.437 e. The van der Waals surface area contributed by atoms with Gasteiger partial charge in [0.05, 0.1) is 18.4 Å². The molecule has 4 aromatic heterocycles. The maximum atomic E-state index is 12.8. The lowest BCUT2D eigenvalue weighted by atomic mass is 10.3. The first-order valence-corrected chi connectivity index (χ1v) is 9.42. The van der Waals surface area contributed by atoms with Gasteiger partial charge < -0.3 is 9.72 Å². The van der Waals surface area contributed by atoms with E-state index < -0.39 is 0 Å². The molecule has 5 rings (SSSR count). The van der Waals surface area contributed by atoms with Crippen molar-refractivity contribution in [2.75, 3.05) is 0 Å². The molecule has 11 heteroatoms. The summed E-state index contributed by atoms with van der Waals surface area (Å²) in [6, 6.07) is 6.93. The van der Waals surface area contributed by atoms with Crippen molar-refractivity contribution < 1.29 is 4.74 Å². The maximum Gasteiger partial charge on any atom is 0.280 e. The molecule has 5 aromatic rings. The molecular formula is C19H15ClN8O2. The number of fused-ring (bicyclic) bond motifs is 2. The Morgan fingerprint density at radius 3 is 2.73 bits per heavy atom. The number of rotatable bonds is 4. The van der Waals surface area contributed by atoms with Gasteiger partial charge in [-0.25, -0.2) is 19.5 Å². The van der Waals surface area contributed by atoms with Gasteiger partial charge in [-0.05, 0) is 38.1 Å². The van der Waals surface area contributed by atoms with Crippen molar-refractivity contribution in [3.63, 3.8) is 0 Å². The fourth-order valence-electron chi connectivity index (χ4n) is 3.19. The number of aryl methyl sites for hydroxylation is 2. The largest absolute Gasteiger partial charge is 0.437 e. The number of hydrogen-bond acceptors (Lipinski definition) is 7. The van der Waals surface area contributed by atoms with E-state index in [1.807, 2.05) is 0 Å². The number of aromatic amines is 1. The molecule has 150 valence electrons. The van der Waals surface area contributed by atoms with Gasteiger partial charge in [-0.1, -0.05) is 11.6 Å². The summed E-state index contributed by atoms with van der Waals surface area (Å²) < 4.78 is 8.70. The van der Waals surface area contributed by atoms with Crippen molar-refractivity contribution in [3.8, 4) is 11.6 Å². The van der Waals surface area contributed by atoms with Crippen LogP contribution in [0.2, 0.25) is 5.02 Å². The van der Waals surface area contributed by atoms with E-state index >= 15 is 0 Å². The van der Waals surface area contributed by atoms with Crippen LogP contribution in [-0.4, -0.2) is 39.1 Å². The van der Waals surface area contributed by atoms with Crippen LogP contribution >= 0.6 is 11.6 Å². The number of halogens is 1. The van der Waals surface area contributed by atoms with Crippen molar-refractivity contribution in [1.29, 1.82) is 0 Å². The van der Waals surface area contributed by atoms with Gasteiger partial charge in [0.15, 0.2) is 16.8 Å². The highest BCUT2D eigenvalue weighted by Gasteiger charge is 2.14. The first kappa shape index (κ1) is 18.3. The molecular weight excluding hydrogens is 408 g/mol. The van der Waals surface area contributed by atoms with E-state index in [1.165, 1.54) is 21.6 Å². The molecule has 0 saturated carbocycles. The number of ether oxygens (including phenoxy) is 1. The molecule has 0 spiro atoms. The second-order valence-corrected chi connectivity index (χ2v) is 7.13. The standard InChI is InChI=1S/C19H15ClN8O2/c1-10-16-19(29)27(9-22-28(16)11(2)23-10)8-14-24-17-18(25-14)26-15(7-21-17)30-13-5-3-12(20)4-6-13/h3-7,9H,8H2,1-2H3,(H,21,24,25,26). The first-order valence-electron chi connectivity index (χ1n) is 9.04. The third-order valence-electron chi connectivity index (χ3n) is 4.55. The van der Waals surface area contributed by atoms with Crippen molar-refractivity contribution in [2.45, 2.75) is 20.4 Å². The van der Waals surface area contributed by atoms with Crippen LogP contribution in [0.3, 0.4) is 0 Å². The summed E-state index contributed by atoms with van der Waals surface area (Å²) in [7, 11) is 0. The second-order valence-electron chi connectivity index (χ2n) is 6.69. The predicted octanol–water partition coefficient (Wildman–Crippen LogP) is 2.67. The summed E-state index contributed by atoms with van der Waals surface area (Å²) >= 11 is 5.88. The SMILES string of the molecule is Cc1nc(C)n2ncn(Cc3nc4ncc(Oc5ccc(Cl)cc5)nc4[nH]3)c(=O)c12. The number of aromatic nitrogens is 8. The topological polar surface area (TPSA) is 116 Å². The molecule has 0 aliphatic carbocycles. The van der Waals surface area contributed by atoms with Gasteiger partial charge in [0.2, 0.25) is 5.88 Å². The summed E-state index contributed by atoms with van der Waals surface area (Å²) in [4.78, 5) is 33.3. The van der Waals surface area contributed by atoms with Crippen LogP contribution in [0.1, 0.15) is 17.3 Å². The Labute approximate surface area is 174 Å². The van der Waals surface area contributed by atoms with Crippen molar-refractivity contribution in [3.05, 3.63) is 69.5 Å². The normalized spacial score (nSPS) is 11.4. The molecule has 0 fully saturated rings. The van der Waals surface area contributed by atoms with Crippen LogP contribution in [0.25, 0.3) is 16.8 Å². The summed E-state index contributed by atoms with van der Waals surface area (Å²) in [5, 5.41) is 4.91. The zero-order valence-electron chi connectivity index (χ0n) is 16.0. The monoisotopic (exact) mass is 422 g/mol. The number of nitrogens with one attached hydrogen (secondary N) is 1. The summed E-state index contributed by atoms with van der Waals surface area (Å²) in [6.45, 7) is 3.78. The quantitative estimate of drug-likeness (QED) is 0.473. The van der Waals surface area contributed by atoms with Crippen LogP contribution < -0.4 is 10.3 Å². The molecule has 10 nitrogen and oxygen atoms in total. The molecule has 0 atom stereocenters. The van der Waals surface area contributed by atoms with Crippen LogP contribution in [0.15, 0.2) is 41.6 Å². The van der Waals surface area contributed by atoms with Gasteiger partial charge in [-0.2, -0.15) is 10.1 Å². The van der Waals surface area contributed by atoms with E-state index in [0.717, 1.165) is 0 Å². The lowest BCUT2D eigenvalue weighted by molar-refractivity contribution is 0.462. The Balaban J connectivity index is 1.45. The Morgan fingerprint density at radius 2 is 1.93 bits per heavy atom. The summed E-state index contributed by atoms with van der Waals surface area (Å²) in [6.07, 6.45) is 2.95. The second kappa shape index (κ2) is 6.92. The average Bonchev–Trinajstić information content (AvgIpc) is 3.25. The van der Waals surface area contributed by atoms with Gasteiger partial charge in [-0.3, -0.25) is 9.36 Å². The number of benzene rings is 1. The van der Waals surface area contributed by atoms with Gasteiger partial charge in [0, 0.05) is 5.02 Å². The van der Waals surface area contributed by atoms with Gasteiger partial charge in [0.1, 0.15) is 23.7 Å². The van der Waals surface area contributed by atoms with Crippen molar-refractivity contribution >= 4 is 28.4 Å². The van der Waals surface area contributed by atoms with Crippen LogP contribution in [0.5, 0.6) is 11.6 Å². The molecule has 0 unspecified atom stereocenters. The maximum absolute atomic E-state index is 12.8. The number of imidazole rings is 2. The fraction of sp³-hybridized carbons (Fsp3) is 0.158. The number of H-pyrrole nitrogens is 1. The molecule has 0 aliphatic rings. The fourth-order valence-corrected chi connectivity index (χ4v) is 3.32. The minimum atomic E-state index is -0.198. The minimum absolute atomic E-state index is 0.192. The molecule has 0 aliphatic heterocycles. The predicted molar refractivity (Wildman–Crippen MR) is 109 cm³/mol. The van der Waals surface area contributed by atoms with Crippen LogP contribution in [0, 0.1) is 13.8 Å². The van der Waals surface area contributed by atoms with E-state index in [1.54, 1.807) is 38.1 Å². The van der Waals surface area contributed by atoms with E-state index in [9.17, 15) is 4.79 Å². The van der Waals surface area contributed by atoms with Gasteiger partial charge in [-0.15, -0.1) is 0 Å². The van der Waals surface area contributed by atoms with Gasteiger partial charge >= 0.3 is 0 Å². The highest BCUT2D eigenvalue weighted by molar-refractivity contribution is 6.30. The zero-order valence-corrected chi connectivity index (χ0v) is 16.8. The first-order chi connectivity index (χ1) is 14.5. The smallest absolute Gasteiger partial charge is 0.280 e. The summed E-state index contributed by atoms with van der Waals surface area (Å²) in [5.41, 5.74) is 1.76. The van der Waals surface area contributed by atoms with Crippen molar-refractivity contribution in [1.82, 2.24) is 39.1 Å². The Kier molecular flexibility index (Phi) is 4.21. The molecule has 30 heavy (non-hydrogen) atoms. The van der Waals surface area contributed by atoms with E-state index in [0.29, 0.717) is 50.8 Å². The molecule has 4 heterocycles. The lowest BCUT2D eigenvalue weighted by Gasteiger charge is -2.04. The van der Waals surface area contributed by atoms with E-state index in [-0.39, 0.29) is 12.1 Å². The third kappa shape index (κ3) is 3.16. The average molecular weight is 423 g/mol. The molecule has 0 saturated heterocycles. The van der Waals surface area contributed by atoms with Crippen molar-refractivity contribution in [2.24, 2.45) is 0 Å². The van der Waals surface area contributed by atoms with Crippen LogP contribution in [0.4, 0.5) is 0 Å². The Bertz CT molecular complexity index is 1450. The highest BCUT2D eigenvalue weighted by atomic mass is 35.5. The lowest BCUT2D eigenvalue weighted by Crippen LogP contribution is -2.24. The summed E-state index contributed by atoms with van der Waals surface area (Å²) in [5.74, 6) is 2.09. The Hall–Kier alpha value is -3.79. The zero-order chi connectivity index (χ0) is 20.8. The molecule has 1 aromatic carbocycles. The molecule has 0 radical (unpaired) electrons. The van der Waals surface area contributed by atoms with Crippen LogP contribution in [-0.2, 0) is 6.54 Å². The highest BCUT2D eigenvalue weighted by Crippen LogP contribution is 2.22. The molecule has 0 bridgehead atoms. The molecule has 1 N–H and O–H groups in total. The third-order valence-corrected chi connectivity index (χ3v) is 4.80. The van der Waals surface area contributed by atoms with E-state index in [4.69, 9.17) is 16.3 Å². The Morgan fingerprint density at radius 1 is 1.13 bits per heavy atom. The van der Waals surface area contributed by atoms with E-state index in [2.05, 4.69) is 30.0 Å². The van der Waals surface area contributed by atoms with Gasteiger partial charge in [0.25, 0.3) is 5.56 Å². The number of nitrogens with zero attached hydrogens (tertiary/aromatic N) is 7. The molecule has 0 amide bonds. The number of hydrogen-bond donors (Lipinski definition) is 1.